The van der Waals surface area contributed by atoms with Gasteiger partial charge in [0.15, 0.2) is 0 Å². The number of fused-ring (bicyclic) bond motifs is 1. The molecule has 2 aliphatic rings. The summed E-state index contributed by atoms with van der Waals surface area (Å²) in [5, 5.41) is 4.52. The molecule has 0 spiro atoms. The van der Waals surface area contributed by atoms with E-state index < -0.39 is 0 Å². The van der Waals surface area contributed by atoms with Crippen LogP contribution in [0.4, 0.5) is 10.2 Å². The highest BCUT2D eigenvalue weighted by molar-refractivity contribution is 5.89. The molecule has 21 heavy (non-hydrogen) atoms. The Hall–Kier alpha value is -1.71. The molecule has 1 aromatic heterocycles. The van der Waals surface area contributed by atoms with Crippen LogP contribution < -0.4 is 5.32 Å². The third-order valence-electron chi connectivity index (χ3n) is 4.72. The lowest BCUT2D eigenvalue weighted by molar-refractivity contribution is 0.462. The van der Waals surface area contributed by atoms with Crippen molar-refractivity contribution in [2.45, 2.75) is 56.9 Å². The Kier molecular flexibility index (Phi) is 3.24. The van der Waals surface area contributed by atoms with E-state index in [-0.39, 0.29) is 5.82 Å². The Morgan fingerprint density at radius 3 is 2.57 bits per heavy atom. The van der Waals surface area contributed by atoms with Gasteiger partial charge in [0.05, 0.1) is 5.52 Å². The minimum atomic E-state index is -0.118. The summed E-state index contributed by atoms with van der Waals surface area (Å²) in [6.07, 6.45) is 10.0. The Morgan fingerprint density at radius 1 is 1.00 bits per heavy atom. The van der Waals surface area contributed by atoms with Crippen molar-refractivity contribution in [3.05, 3.63) is 29.8 Å². The van der Waals surface area contributed by atoms with E-state index in [9.17, 15) is 4.39 Å². The number of anilines is 1. The monoisotopic (exact) mass is 285 g/mol. The fourth-order valence-corrected chi connectivity index (χ4v) is 3.36. The first-order valence-corrected chi connectivity index (χ1v) is 8.02. The van der Waals surface area contributed by atoms with Crippen molar-refractivity contribution in [1.29, 1.82) is 0 Å². The molecule has 2 saturated carbocycles. The van der Waals surface area contributed by atoms with Gasteiger partial charge in [-0.2, -0.15) is 0 Å². The smallest absolute Gasteiger partial charge is 0.137 e. The van der Waals surface area contributed by atoms with Gasteiger partial charge in [0.2, 0.25) is 0 Å². The lowest BCUT2D eigenvalue weighted by Crippen LogP contribution is -2.23. The van der Waals surface area contributed by atoms with Crippen LogP contribution in [-0.4, -0.2) is 16.0 Å². The van der Waals surface area contributed by atoms with Crippen molar-refractivity contribution in [3.63, 3.8) is 0 Å². The van der Waals surface area contributed by atoms with Crippen LogP contribution in [0.1, 0.15) is 56.4 Å². The van der Waals surface area contributed by atoms with Crippen LogP contribution in [0.5, 0.6) is 0 Å². The highest BCUT2D eigenvalue weighted by Gasteiger charge is 2.27. The molecular weight excluding hydrogens is 265 g/mol. The quantitative estimate of drug-likeness (QED) is 0.908. The Labute approximate surface area is 124 Å². The number of nitrogens with zero attached hydrogens (tertiary/aromatic N) is 2. The van der Waals surface area contributed by atoms with E-state index in [0.29, 0.717) is 17.5 Å². The van der Waals surface area contributed by atoms with Gasteiger partial charge in [-0.1, -0.05) is 19.3 Å². The maximum Gasteiger partial charge on any atom is 0.137 e. The number of halogens is 1. The third-order valence-corrected chi connectivity index (χ3v) is 4.72. The van der Waals surface area contributed by atoms with Crippen LogP contribution in [0.3, 0.4) is 0 Å². The number of nitrogens with one attached hydrogen (secondary N) is 1. The average Bonchev–Trinajstić information content (AvgIpc) is 3.32. The van der Waals surface area contributed by atoms with Crippen LogP contribution in [0, 0.1) is 5.82 Å². The zero-order chi connectivity index (χ0) is 14.2. The molecule has 110 valence electrons. The van der Waals surface area contributed by atoms with Crippen LogP contribution in [0.2, 0.25) is 0 Å². The second-order valence-electron chi connectivity index (χ2n) is 6.37. The highest BCUT2D eigenvalue weighted by Crippen LogP contribution is 2.42. The summed E-state index contributed by atoms with van der Waals surface area (Å²) in [5.41, 5.74) is 1.54. The molecule has 0 bridgehead atoms. The number of benzene rings is 1. The van der Waals surface area contributed by atoms with Gasteiger partial charge in [0.1, 0.15) is 18.0 Å². The average molecular weight is 285 g/mol. The predicted octanol–water partition coefficient (Wildman–Crippen LogP) is 4.39. The SMILES string of the molecule is Fc1cc2ncnc(NC3CCCCC3)c2cc1C1CC1. The third kappa shape index (κ3) is 2.59. The van der Waals surface area contributed by atoms with E-state index in [1.807, 2.05) is 6.07 Å². The summed E-state index contributed by atoms with van der Waals surface area (Å²) in [7, 11) is 0. The van der Waals surface area contributed by atoms with E-state index in [2.05, 4.69) is 15.3 Å². The fraction of sp³-hybridized carbons (Fsp3) is 0.529. The summed E-state index contributed by atoms with van der Waals surface area (Å²) < 4.78 is 14.1. The van der Waals surface area contributed by atoms with Gasteiger partial charge in [0.25, 0.3) is 0 Å². The molecule has 0 saturated heterocycles. The van der Waals surface area contributed by atoms with Crippen molar-refractivity contribution in [3.8, 4) is 0 Å². The van der Waals surface area contributed by atoms with Crippen LogP contribution in [-0.2, 0) is 0 Å². The van der Waals surface area contributed by atoms with Gasteiger partial charge in [-0.15, -0.1) is 0 Å². The van der Waals surface area contributed by atoms with Gasteiger partial charge in [-0.25, -0.2) is 14.4 Å². The van der Waals surface area contributed by atoms with Crippen molar-refractivity contribution in [2.24, 2.45) is 0 Å². The van der Waals surface area contributed by atoms with Gasteiger partial charge < -0.3 is 5.32 Å². The number of hydrogen-bond donors (Lipinski definition) is 1. The molecule has 0 unspecified atom stereocenters. The Morgan fingerprint density at radius 2 is 1.81 bits per heavy atom. The molecule has 2 aromatic rings. The van der Waals surface area contributed by atoms with E-state index in [1.165, 1.54) is 38.4 Å². The summed E-state index contributed by atoms with van der Waals surface area (Å²) in [4.78, 5) is 8.63. The van der Waals surface area contributed by atoms with Crippen molar-refractivity contribution in [2.75, 3.05) is 5.32 Å². The molecule has 1 aromatic carbocycles. The minimum Gasteiger partial charge on any atom is -0.367 e. The molecular formula is C17H20FN3. The van der Waals surface area contributed by atoms with Crippen molar-refractivity contribution in [1.82, 2.24) is 9.97 Å². The first kappa shape index (κ1) is 13.0. The summed E-state index contributed by atoms with van der Waals surface area (Å²) in [5.74, 6) is 1.15. The summed E-state index contributed by atoms with van der Waals surface area (Å²) in [6.45, 7) is 0. The molecule has 4 heteroatoms. The lowest BCUT2D eigenvalue weighted by Gasteiger charge is -2.23. The number of hydrogen-bond acceptors (Lipinski definition) is 3. The van der Waals surface area contributed by atoms with Crippen LogP contribution in [0.25, 0.3) is 10.9 Å². The molecule has 4 rings (SSSR count). The first-order valence-electron chi connectivity index (χ1n) is 8.02. The molecule has 2 fully saturated rings. The number of aromatic nitrogens is 2. The van der Waals surface area contributed by atoms with E-state index >= 15 is 0 Å². The van der Waals surface area contributed by atoms with Gasteiger partial charge in [-0.3, -0.25) is 0 Å². The second kappa shape index (κ2) is 5.24. The molecule has 0 atom stereocenters. The largest absolute Gasteiger partial charge is 0.367 e. The summed E-state index contributed by atoms with van der Waals surface area (Å²) >= 11 is 0. The number of rotatable bonds is 3. The zero-order valence-corrected chi connectivity index (χ0v) is 12.1. The van der Waals surface area contributed by atoms with Gasteiger partial charge in [-0.05, 0) is 43.2 Å². The predicted molar refractivity (Wildman–Crippen MR) is 82.0 cm³/mol. The lowest BCUT2D eigenvalue weighted by atomic mass is 9.95. The molecule has 1 heterocycles. The zero-order valence-electron chi connectivity index (χ0n) is 12.1. The second-order valence-corrected chi connectivity index (χ2v) is 6.37. The topological polar surface area (TPSA) is 37.8 Å². The highest BCUT2D eigenvalue weighted by atomic mass is 19.1. The van der Waals surface area contributed by atoms with E-state index in [4.69, 9.17) is 0 Å². The van der Waals surface area contributed by atoms with Gasteiger partial charge in [0, 0.05) is 17.5 Å². The Bertz CT molecular complexity index is 660. The van der Waals surface area contributed by atoms with E-state index in [0.717, 1.165) is 29.6 Å². The normalized spacial score (nSPS) is 19.9. The Balaban J connectivity index is 1.71. The standard InChI is InChI=1S/C17H20FN3/c18-15-9-16-14(8-13(15)11-6-7-11)17(20-10-19-16)21-12-4-2-1-3-5-12/h8-12H,1-7H2,(H,19,20,21). The maximum absolute atomic E-state index is 14.1. The fourth-order valence-electron chi connectivity index (χ4n) is 3.36. The molecule has 0 radical (unpaired) electrons. The summed E-state index contributed by atoms with van der Waals surface area (Å²) in [6, 6.07) is 4.02. The maximum atomic E-state index is 14.1. The first-order chi connectivity index (χ1) is 10.3. The van der Waals surface area contributed by atoms with Crippen LogP contribution >= 0.6 is 0 Å². The molecule has 1 N–H and O–H groups in total. The minimum absolute atomic E-state index is 0.118. The molecule has 0 aliphatic heterocycles. The van der Waals surface area contributed by atoms with Crippen molar-refractivity contribution >= 4 is 16.7 Å². The van der Waals surface area contributed by atoms with Crippen molar-refractivity contribution < 1.29 is 4.39 Å². The van der Waals surface area contributed by atoms with Gasteiger partial charge >= 0.3 is 0 Å². The molecule has 2 aliphatic carbocycles. The van der Waals surface area contributed by atoms with E-state index in [1.54, 1.807) is 6.07 Å². The van der Waals surface area contributed by atoms with Crippen LogP contribution in [0.15, 0.2) is 18.5 Å². The molecule has 3 nitrogen and oxygen atoms in total. The molecule has 0 amide bonds.